The molecule has 1 aliphatic rings. The first-order valence-corrected chi connectivity index (χ1v) is 7.61. The molecule has 1 aromatic carbocycles. The lowest BCUT2D eigenvalue weighted by Crippen LogP contribution is -2.51. The number of carbonyl (C=O) groups excluding carboxylic acids is 1. The van der Waals surface area contributed by atoms with Gasteiger partial charge in [-0.05, 0) is 24.6 Å². The van der Waals surface area contributed by atoms with Crippen LogP contribution in [0.3, 0.4) is 0 Å². The van der Waals surface area contributed by atoms with Gasteiger partial charge in [0.1, 0.15) is 0 Å². The van der Waals surface area contributed by atoms with Crippen LogP contribution in [0.25, 0.3) is 0 Å². The molecule has 1 aromatic rings. The van der Waals surface area contributed by atoms with Gasteiger partial charge in [0, 0.05) is 37.2 Å². The minimum Gasteiger partial charge on any atom is -0.340 e. The van der Waals surface area contributed by atoms with Crippen LogP contribution < -0.4 is 0 Å². The van der Waals surface area contributed by atoms with Gasteiger partial charge in [-0.25, -0.2) is 0 Å². The maximum absolute atomic E-state index is 12.3. The number of carbonyl (C=O) groups is 1. The molecule has 112 valence electrons. The van der Waals surface area contributed by atoms with Crippen molar-refractivity contribution in [2.45, 2.75) is 25.8 Å². The van der Waals surface area contributed by atoms with Crippen LogP contribution in [-0.4, -0.2) is 47.9 Å². The van der Waals surface area contributed by atoms with E-state index < -0.39 is 0 Å². The number of rotatable bonds is 4. The average molecular weight is 306 g/mol. The largest absolute Gasteiger partial charge is 0.340 e. The summed E-state index contributed by atoms with van der Waals surface area (Å²) in [5, 5.41) is 9.43. The topological polar surface area (TPSA) is 47.3 Å². The molecule has 0 aliphatic carbocycles. The highest BCUT2D eigenvalue weighted by atomic mass is 35.5. The summed E-state index contributed by atoms with van der Waals surface area (Å²) in [4.78, 5) is 16.5. The Labute approximate surface area is 130 Å². The van der Waals surface area contributed by atoms with Gasteiger partial charge in [0.15, 0.2) is 0 Å². The van der Waals surface area contributed by atoms with Crippen molar-refractivity contribution in [3.8, 4) is 6.07 Å². The second-order valence-corrected chi connectivity index (χ2v) is 5.87. The molecular weight excluding hydrogens is 286 g/mol. The van der Waals surface area contributed by atoms with Crippen molar-refractivity contribution in [1.82, 2.24) is 9.80 Å². The fourth-order valence-electron chi connectivity index (χ4n) is 2.56. The van der Waals surface area contributed by atoms with Gasteiger partial charge in [0.25, 0.3) is 0 Å². The Kier molecular flexibility index (Phi) is 5.60. The average Bonchev–Trinajstić information content (AvgIpc) is 2.50. The molecule has 1 saturated heterocycles. The van der Waals surface area contributed by atoms with Crippen molar-refractivity contribution >= 4 is 17.5 Å². The number of nitriles is 1. The molecule has 4 nitrogen and oxygen atoms in total. The van der Waals surface area contributed by atoms with E-state index in [2.05, 4.69) is 17.9 Å². The standard InChI is InChI=1S/C16H20ClN3O/c1-13(6-7-18)19-8-10-20(11-9-19)16(21)12-14-2-4-15(17)5-3-14/h2-5,13H,6,8-12H2,1H3/t13-/m1/s1. The van der Waals surface area contributed by atoms with E-state index in [9.17, 15) is 4.79 Å². The van der Waals surface area contributed by atoms with Gasteiger partial charge >= 0.3 is 0 Å². The molecule has 0 saturated carbocycles. The zero-order chi connectivity index (χ0) is 15.2. The van der Waals surface area contributed by atoms with Crippen molar-refractivity contribution < 1.29 is 4.79 Å². The van der Waals surface area contributed by atoms with Gasteiger partial charge in [-0.3, -0.25) is 9.69 Å². The number of amides is 1. The number of halogens is 1. The molecule has 2 rings (SSSR count). The van der Waals surface area contributed by atoms with Gasteiger partial charge in [-0.15, -0.1) is 0 Å². The maximum Gasteiger partial charge on any atom is 0.227 e. The molecular formula is C16H20ClN3O. The first-order valence-electron chi connectivity index (χ1n) is 7.23. The zero-order valence-corrected chi connectivity index (χ0v) is 13.0. The fraction of sp³-hybridized carbons (Fsp3) is 0.500. The lowest BCUT2D eigenvalue weighted by atomic mass is 10.1. The first kappa shape index (κ1) is 15.8. The van der Waals surface area contributed by atoms with Crippen molar-refractivity contribution in [2.75, 3.05) is 26.2 Å². The van der Waals surface area contributed by atoms with Crippen molar-refractivity contribution in [2.24, 2.45) is 0 Å². The van der Waals surface area contributed by atoms with E-state index in [1.54, 1.807) is 0 Å². The second kappa shape index (κ2) is 7.44. The van der Waals surface area contributed by atoms with E-state index in [0.717, 1.165) is 31.7 Å². The van der Waals surface area contributed by atoms with E-state index in [0.29, 0.717) is 17.9 Å². The third-order valence-electron chi connectivity index (χ3n) is 3.95. The number of piperazine rings is 1. The monoisotopic (exact) mass is 305 g/mol. The lowest BCUT2D eigenvalue weighted by Gasteiger charge is -2.37. The van der Waals surface area contributed by atoms with Gasteiger partial charge in [0.2, 0.25) is 5.91 Å². The minimum atomic E-state index is 0.157. The highest BCUT2D eigenvalue weighted by Crippen LogP contribution is 2.13. The van der Waals surface area contributed by atoms with Crippen LogP contribution in [0.5, 0.6) is 0 Å². The number of hydrogen-bond donors (Lipinski definition) is 0. The molecule has 1 atom stereocenters. The Morgan fingerprint density at radius 2 is 1.90 bits per heavy atom. The lowest BCUT2D eigenvalue weighted by molar-refractivity contribution is -0.132. The molecule has 0 unspecified atom stereocenters. The normalized spacial score (nSPS) is 17.3. The Balaban J connectivity index is 1.83. The second-order valence-electron chi connectivity index (χ2n) is 5.43. The van der Waals surface area contributed by atoms with E-state index in [1.165, 1.54) is 0 Å². The molecule has 1 fully saturated rings. The summed E-state index contributed by atoms with van der Waals surface area (Å²) in [6.45, 7) is 5.23. The number of hydrogen-bond acceptors (Lipinski definition) is 3. The van der Waals surface area contributed by atoms with Crippen LogP contribution in [0.4, 0.5) is 0 Å². The summed E-state index contributed by atoms with van der Waals surface area (Å²) in [7, 11) is 0. The summed E-state index contributed by atoms with van der Waals surface area (Å²) in [6, 6.07) is 9.88. The highest BCUT2D eigenvalue weighted by molar-refractivity contribution is 6.30. The van der Waals surface area contributed by atoms with Crippen LogP contribution >= 0.6 is 11.6 Å². The summed E-state index contributed by atoms with van der Waals surface area (Å²) in [5.74, 6) is 0.157. The zero-order valence-electron chi connectivity index (χ0n) is 12.3. The molecule has 0 N–H and O–H groups in total. The number of benzene rings is 1. The van der Waals surface area contributed by atoms with Gasteiger partial charge in [-0.2, -0.15) is 5.26 Å². The van der Waals surface area contributed by atoms with Crippen LogP contribution in [0.2, 0.25) is 5.02 Å². The molecule has 0 aromatic heterocycles. The van der Waals surface area contributed by atoms with E-state index in [1.807, 2.05) is 29.2 Å². The third kappa shape index (κ3) is 4.45. The summed E-state index contributed by atoms with van der Waals surface area (Å²) in [6.07, 6.45) is 0.962. The van der Waals surface area contributed by atoms with Crippen LogP contribution in [0.1, 0.15) is 18.9 Å². The third-order valence-corrected chi connectivity index (χ3v) is 4.20. The SMILES string of the molecule is C[C@H](CC#N)N1CCN(C(=O)Cc2ccc(Cl)cc2)CC1. The van der Waals surface area contributed by atoms with E-state index in [-0.39, 0.29) is 11.9 Å². The Morgan fingerprint density at radius 3 is 2.48 bits per heavy atom. The van der Waals surface area contributed by atoms with E-state index in [4.69, 9.17) is 16.9 Å². The molecule has 1 aliphatic heterocycles. The van der Waals surface area contributed by atoms with Crippen molar-refractivity contribution in [1.29, 1.82) is 5.26 Å². The molecule has 21 heavy (non-hydrogen) atoms. The predicted octanol–water partition coefficient (Wildman–Crippen LogP) is 2.33. The maximum atomic E-state index is 12.3. The first-order chi connectivity index (χ1) is 10.1. The summed E-state index contributed by atoms with van der Waals surface area (Å²) < 4.78 is 0. The fourth-order valence-corrected chi connectivity index (χ4v) is 2.69. The Morgan fingerprint density at radius 1 is 1.29 bits per heavy atom. The molecule has 5 heteroatoms. The van der Waals surface area contributed by atoms with E-state index >= 15 is 0 Å². The highest BCUT2D eigenvalue weighted by Gasteiger charge is 2.23. The summed E-state index contributed by atoms with van der Waals surface area (Å²) in [5.41, 5.74) is 0.990. The van der Waals surface area contributed by atoms with Gasteiger partial charge < -0.3 is 4.90 Å². The van der Waals surface area contributed by atoms with Crippen LogP contribution in [0.15, 0.2) is 24.3 Å². The Hall–Kier alpha value is -1.57. The minimum absolute atomic E-state index is 0.157. The molecule has 0 spiro atoms. The molecule has 1 amide bonds. The Bertz CT molecular complexity index is 515. The predicted molar refractivity (Wildman–Crippen MR) is 83.0 cm³/mol. The van der Waals surface area contributed by atoms with Crippen LogP contribution in [0, 0.1) is 11.3 Å². The molecule has 1 heterocycles. The molecule has 0 radical (unpaired) electrons. The van der Waals surface area contributed by atoms with Crippen molar-refractivity contribution in [3.63, 3.8) is 0 Å². The summed E-state index contributed by atoms with van der Waals surface area (Å²) >= 11 is 5.84. The molecule has 0 bridgehead atoms. The smallest absolute Gasteiger partial charge is 0.227 e. The van der Waals surface area contributed by atoms with Gasteiger partial charge in [0.05, 0.1) is 18.9 Å². The number of nitrogens with zero attached hydrogens (tertiary/aromatic N) is 3. The van der Waals surface area contributed by atoms with Crippen molar-refractivity contribution in [3.05, 3.63) is 34.9 Å². The quantitative estimate of drug-likeness (QED) is 0.858. The van der Waals surface area contributed by atoms with Gasteiger partial charge in [-0.1, -0.05) is 23.7 Å². The van der Waals surface area contributed by atoms with Crippen LogP contribution in [-0.2, 0) is 11.2 Å².